The first-order chi connectivity index (χ1) is 8.25. The molecule has 0 bridgehead atoms. The van der Waals surface area contributed by atoms with Crippen molar-refractivity contribution in [2.75, 3.05) is 5.32 Å². The normalized spacial score (nSPS) is 26.6. The van der Waals surface area contributed by atoms with Gasteiger partial charge in [-0.15, -0.1) is 0 Å². The highest BCUT2D eigenvalue weighted by Gasteiger charge is 2.33. The molecule has 1 saturated carbocycles. The molecule has 1 fully saturated rings. The summed E-state index contributed by atoms with van der Waals surface area (Å²) in [5, 5.41) is 12.6. The Kier molecular flexibility index (Phi) is 2.54. The summed E-state index contributed by atoms with van der Waals surface area (Å²) in [6.07, 6.45) is 6.26. The molecule has 2 N–H and O–H groups in total. The standard InChI is InChI=1S/C14H17NO2/c16-14(17)9-6-7-13-11(8-9)10-4-2-1-3-5-12(10)15-13/h6-8,10,12,15H,1-5H2,(H,16,17). The van der Waals surface area contributed by atoms with Crippen molar-refractivity contribution in [3.8, 4) is 0 Å². The van der Waals surface area contributed by atoms with Crippen LogP contribution in [0, 0.1) is 0 Å². The van der Waals surface area contributed by atoms with Gasteiger partial charge in [-0.05, 0) is 36.6 Å². The quantitative estimate of drug-likeness (QED) is 0.780. The first-order valence-electron chi connectivity index (χ1n) is 6.39. The summed E-state index contributed by atoms with van der Waals surface area (Å²) < 4.78 is 0. The number of rotatable bonds is 1. The molecular weight excluding hydrogens is 214 g/mol. The lowest BCUT2D eigenvalue weighted by molar-refractivity contribution is 0.0697. The second-order valence-corrected chi connectivity index (χ2v) is 5.10. The number of carbonyl (C=O) groups is 1. The van der Waals surface area contributed by atoms with E-state index in [1.54, 1.807) is 6.07 Å². The molecule has 0 aromatic heterocycles. The summed E-state index contributed by atoms with van der Waals surface area (Å²) in [6.45, 7) is 0. The van der Waals surface area contributed by atoms with E-state index < -0.39 is 5.97 Å². The molecule has 1 aromatic carbocycles. The Morgan fingerprint density at radius 1 is 1.24 bits per heavy atom. The molecule has 3 nitrogen and oxygen atoms in total. The summed E-state index contributed by atoms with van der Waals surface area (Å²) in [4.78, 5) is 11.0. The van der Waals surface area contributed by atoms with Crippen molar-refractivity contribution >= 4 is 11.7 Å². The predicted molar refractivity (Wildman–Crippen MR) is 66.6 cm³/mol. The van der Waals surface area contributed by atoms with Gasteiger partial charge in [-0.1, -0.05) is 19.3 Å². The number of nitrogens with one attached hydrogen (secondary N) is 1. The van der Waals surface area contributed by atoms with Crippen LogP contribution in [0.4, 0.5) is 5.69 Å². The third-order valence-corrected chi connectivity index (χ3v) is 4.05. The van der Waals surface area contributed by atoms with Gasteiger partial charge in [-0.25, -0.2) is 4.79 Å². The lowest BCUT2D eigenvalue weighted by atomic mass is 9.90. The summed E-state index contributed by atoms with van der Waals surface area (Å²) in [6, 6.07) is 6.00. The molecule has 1 aromatic rings. The third kappa shape index (κ3) is 1.79. The van der Waals surface area contributed by atoms with Gasteiger partial charge in [0, 0.05) is 17.6 Å². The first kappa shape index (κ1) is 10.6. The largest absolute Gasteiger partial charge is 0.478 e. The van der Waals surface area contributed by atoms with E-state index in [2.05, 4.69) is 5.32 Å². The van der Waals surface area contributed by atoms with Crippen molar-refractivity contribution in [3.63, 3.8) is 0 Å². The fourth-order valence-corrected chi connectivity index (χ4v) is 3.19. The first-order valence-corrected chi connectivity index (χ1v) is 6.39. The summed E-state index contributed by atoms with van der Waals surface area (Å²) in [5.74, 6) is -0.309. The van der Waals surface area contributed by atoms with Crippen LogP contribution < -0.4 is 5.32 Å². The van der Waals surface area contributed by atoms with Crippen LogP contribution in [0.15, 0.2) is 18.2 Å². The van der Waals surface area contributed by atoms with Crippen molar-refractivity contribution < 1.29 is 9.90 Å². The molecule has 1 aliphatic carbocycles. The molecular formula is C14H17NO2. The average molecular weight is 231 g/mol. The zero-order valence-corrected chi connectivity index (χ0v) is 9.78. The van der Waals surface area contributed by atoms with Gasteiger partial charge in [0.2, 0.25) is 0 Å². The molecule has 0 radical (unpaired) electrons. The molecule has 1 aliphatic heterocycles. The van der Waals surface area contributed by atoms with Crippen LogP contribution in [0.2, 0.25) is 0 Å². The van der Waals surface area contributed by atoms with Crippen molar-refractivity contribution in [1.82, 2.24) is 0 Å². The predicted octanol–water partition coefficient (Wildman–Crippen LogP) is 3.23. The number of aromatic carboxylic acids is 1. The summed E-state index contributed by atoms with van der Waals surface area (Å²) >= 11 is 0. The van der Waals surface area contributed by atoms with Gasteiger partial charge in [0.1, 0.15) is 0 Å². The maximum atomic E-state index is 11.0. The second-order valence-electron chi connectivity index (χ2n) is 5.10. The van der Waals surface area contributed by atoms with Crippen LogP contribution in [-0.4, -0.2) is 17.1 Å². The average Bonchev–Trinajstić information content (AvgIpc) is 2.51. The van der Waals surface area contributed by atoms with Gasteiger partial charge in [-0.3, -0.25) is 0 Å². The SMILES string of the molecule is O=C(O)c1ccc2c(c1)C1CCCCCC1N2. The summed E-state index contributed by atoms with van der Waals surface area (Å²) in [5.41, 5.74) is 2.78. The number of hydrogen-bond donors (Lipinski definition) is 2. The molecule has 17 heavy (non-hydrogen) atoms. The minimum Gasteiger partial charge on any atom is -0.478 e. The van der Waals surface area contributed by atoms with Gasteiger partial charge >= 0.3 is 5.97 Å². The Labute approximate surface area is 101 Å². The molecule has 3 heteroatoms. The Morgan fingerprint density at radius 3 is 2.88 bits per heavy atom. The van der Waals surface area contributed by atoms with Crippen LogP contribution in [0.5, 0.6) is 0 Å². The number of benzene rings is 1. The van der Waals surface area contributed by atoms with Gasteiger partial charge in [0.15, 0.2) is 0 Å². The van der Waals surface area contributed by atoms with Crippen molar-refractivity contribution in [3.05, 3.63) is 29.3 Å². The molecule has 2 atom stereocenters. The molecule has 0 spiro atoms. The summed E-state index contributed by atoms with van der Waals surface area (Å²) in [7, 11) is 0. The van der Waals surface area contributed by atoms with Crippen LogP contribution in [0.1, 0.15) is 53.9 Å². The molecule has 2 aliphatic rings. The molecule has 2 unspecified atom stereocenters. The van der Waals surface area contributed by atoms with E-state index in [0.29, 0.717) is 17.5 Å². The number of carboxylic acid groups (broad SMARTS) is 1. The number of fused-ring (bicyclic) bond motifs is 3. The molecule has 0 saturated heterocycles. The maximum absolute atomic E-state index is 11.0. The second kappa shape index (κ2) is 4.06. The van der Waals surface area contributed by atoms with Crippen LogP contribution in [0.25, 0.3) is 0 Å². The van der Waals surface area contributed by atoms with Crippen LogP contribution >= 0.6 is 0 Å². The molecule has 3 rings (SSSR count). The van der Waals surface area contributed by atoms with Crippen LogP contribution in [0.3, 0.4) is 0 Å². The lowest BCUT2D eigenvalue weighted by Crippen LogP contribution is -2.18. The third-order valence-electron chi connectivity index (χ3n) is 4.05. The van der Waals surface area contributed by atoms with E-state index in [0.717, 1.165) is 5.69 Å². The minimum atomic E-state index is -0.829. The number of carboxylic acids is 1. The van der Waals surface area contributed by atoms with Crippen molar-refractivity contribution in [1.29, 1.82) is 0 Å². The Hall–Kier alpha value is -1.51. The Balaban J connectivity index is 1.98. The van der Waals surface area contributed by atoms with Gasteiger partial charge < -0.3 is 10.4 Å². The van der Waals surface area contributed by atoms with Crippen LogP contribution in [-0.2, 0) is 0 Å². The smallest absolute Gasteiger partial charge is 0.335 e. The van der Waals surface area contributed by atoms with Crippen molar-refractivity contribution in [2.24, 2.45) is 0 Å². The van der Waals surface area contributed by atoms with Gasteiger partial charge in [0.25, 0.3) is 0 Å². The maximum Gasteiger partial charge on any atom is 0.335 e. The molecule has 0 amide bonds. The zero-order valence-electron chi connectivity index (χ0n) is 9.78. The topological polar surface area (TPSA) is 49.3 Å². The van der Waals surface area contributed by atoms with E-state index in [9.17, 15) is 4.79 Å². The Bertz CT molecular complexity index is 456. The number of anilines is 1. The monoisotopic (exact) mass is 231 g/mol. The van der Waals surface area contributed by atoms with E-state index >= 15 is 0 Å². The minimum absolute atomic E-state index is 0.412. The fourth-order valence-electron chi connectivity index (χ4n) is 3.19. The van der Waals surface area contributed by atoms with Gasteiger partial charge in [-0.2, -0.15) is 0 Å². The lowest BCUT2D eigenvalue weighted by Gasteiger charge is -2.16. The zero-order chi connectivity index (χ0) is 11.8. The van der Waals surface area contributed by atoms with E-state index in [1.165, 1.54) is 37.7 Å². The van der Waals surface area contributed by atoms with Crippen molar-refractivity contribution in [2.45, 2.75) is 44.1 Å². The van der Waals surface area contributed by atoms with E-state index in [4.69, 9.17) is 5.11 Å². The highest BCUT2D eigenvalue weighted by molar-refractivity contribution is 5.89. The highest BCUT2D eigenvalue weighted by atomic mass is 16.4. The van der Waals surface area contributed by atoms with E-state index in [1.807, 2.05) is 12.1 Å². The van der Waals surface area contributed by atoms with Gasteiger partial charge in [0.05, 0.1) is 5.56 Å². The molecule has 1 heterocycles. The molecule has 90 valence electrons. The fraction of sp³-hybridized carbons (Fsp3) is 0.500. The Morgan fingerprint density at radius 2 is 2.06 bits per heavy atom. The highest BCUT2D eigenvalue weighted by Crippen LogP contribution is 2.43. The number of hydrogen-bond acceptors (Lipinski definition) is 2. The van der Waals surface area contributed by atoms with E-state index in [-0.39, 0.29) is 0 Å².